The van der Waals surface area contributed by atoms with Crippen LogP contribution in [0.15, 0.2) is 45.7 Å². The average Bonchev–Trinajstić information content (AvgIpc) is 2.84. The number of aromatic nitrogens is 2. The van der Waals surface area contributed by atoms with Gasteiger partial charge in [0.25, 0.3) is 0 Å². The van der Waals surface area contributed by atoms with Gasteiger partial charge in [-0.1, -0.05) is 18.2 Å². The standard InChI is InChI=1S/C17H16N2O3/c1-11-5-6-13(10-12(11)2)7-8-15(20)19-16-14(22-17(19)21)4-3-9-18-16/h3-6,9-10H,7-8H2,1-2H3. The minimum atomic E-state index is -0.682. The van der Waals surface area contributed by atoms with Gasteiger partial charge in [-0.05, 0) is 49.1 Å². The van der Waals surface area contributed by atoms with Crippen molar-refractivity contribution in [2.45, 2.75) is 26.7 Å². The molecule has 0 saturated carbocycles. The van der Waals surface area contributed by atoms with E-state index in [2.05, 4.69) is 11.1 Å². The number of hydrogen-bond acceptors (Lipinski definition) is 4. The fraction of sp³-hybridized carbons (Fsp3) is 0.235. The van der Waals surface area contributed by atoms with E-state index in [0.29, 0.717) is 12.0 Å². The fourth-order valence-electron chi connectivity index (χ4n) is 2.40. The van der Waals surface area contributed by atoms with E-state index in [-0.39, 0.29) is 18.0 Å². The van der Waals surface area contributed by atoms with Gasteiger partial charge in [0.1, 0.15) is 0 Å². The van der Waals surface area contributed by atoms with E-state index in [1.165, 1.54) is 17.3 Å². The monoisotopic (exact) mass is 296 g/mol. The first kappa shape index (κ1) is 14.3. The SMILES string of the molecule is Cc1ccc(CCC(=O)n2c(=O)oc3cccnc32)cc1C. The number of hydrogen-bond donors (Lipinski definition) is 0. The van der Waals surface area contributed by atoms with Crippen LogP contribution in [-0.4, -0.2) is 15.5 Å². The van der Waals surface area contributed by atoms with Crippen LogP contribution in [0.4, 0.5) is 0 Å². The smallest absolute Gasteiger partial charge is 0.406 e. The zero-order chi connectivity index (χ0) is 15.7. The molecule has 0 fully saturated rings. The van der Waals surface area contributed by atoms with Crippen molar-refractivity contribution in [2.75, 3.05) is 0 Å². The van der Waals surface area contributed by atoms with Crippen LogP contribution in [0.25, 0.3) is 11.2 Å². The van der Waals surface area contributed by atoms with Crippen molar-refractivity contribution in [3.8, 4) is 0 Å². The highest BCUT2D eigenvalue weighted by molar-refractivity contribution is 5.87. The van der Waals surface area contributed by atoms with Crippen molar-refractivity contribution in [3.05, 3.63) is 63.8 Å². The van der Waals surface area contributed by atoms with Crippen molar-refractivity contribution in [3.63, 3.8) is 0 Å². The highest BCUT2D eigenvalue weighted by Gasteiger charge is 2.16. The van der Waals surface area contributed by atoms with E-state index in [4.69, 9.17) is 4.42 Å². The lowest BCUT2D eigenvalue weighted by Crippen LogP contribution is -2.23. The third-order valence-electron chi connectivity index (χ3n) is 3.79. The fourth-order valence-corrected chi connectivity index (χ4v) is 2.40. The van der Waals surface area contributed by atoms with Crippen LogP contribution < -0.4 is 5.76 Å². The van der Waals surface area contributed by atoms with Crippen molar-refractivity contribution in [1.82, 2.24) is 9.55 Å². The molecule has 0 atom stereocenters. The van der Waals surface area contributed by atoms with Gasteiger partial charge in [-0.2, -0.15) is 4.57 Å². The highest BCUT2D eigenvalue weighted by Crippen LogP contribution is 2.13. The predicted molar refractivity (Wildman–Crippen MR) is 83.1 cm³/mol. The predicted octanol–water partition coefficient (Wildman–Crippen LogP) is 2.88. The summed E-state index contributed by atoms with van der Waals surface area (Å²) in [4.78, 5) is 28.2. The summed E-state index contributed by atoms with van der Waals surface area (Å²) in [6.45, 7) is 4.09. The molecule has 0 amide bonds. The van der Waals surface area contributed by atoms with Crippen molar-refractivity contribution in [2.24, 2.45) is 0 Å². The van der Waals surface area contributed by atoms with Crippen molar-refractivity contribution >= 4 is 17.1 Å². The lowest BCUT2D eigenvalue weighted by Gasteiger charge is -2.05. The van der Waals surface area contributed by atoms with Gasteiger partial charge in [-0.15, -0.1) is 0 Å². The summed E-state index contributed by atoms with van der Waals surface area (Å²) in [5.74, 6) is -0.987. The number of rotatable bonds is 3. The molecule has 0 aliphatic heterocycles. The zero-order valence-electron chi connectivity index (χ0n) is 12.5. The summed E-state index contributed by atoms with van der Waals surface area (Å²) in [6.07, 6.45) is 2.34. The Hall–Kier alpha value is -2.69. The number of fused-ring (bicyclic) bond motifs is 1. The number of aryl methyl sites for hydroxylation is 3. The van der Waals surface area contributed by atoms with Gasteiger partial charge < -0.3 is 4.42 Å². The summed E-state index contributed by atoms with van der Waals surface area (Å²) >= 11 is 0. The van der Waals surface area contributed by atoms with Gasteiger partial charge in [0, 0.05) is 12.6 Å². The number of pyridine rings is 1. The number of benzene rings is 1. The van der Waals surface area contributed by atoms with Gasteiger partial charge in [-0.25, -0.2) is 9.78 Å². The molecule has 3 aromatic rings. The second-order valence-electron chi connectivity index (χ2n) is 5.34. The Kier molecular flexibility index (Phi) is 3.63. The molecule has 0 saturated heterocycles. The molecule has 5 heteroatoms. The second-order valence-corrected chi connectivity index (χ2v) is 5.34. The average molecular weight is 296 g/mol. The third-order valence-corrected chi connectivity index (χ3v) is 3.79. The first-order chi connectivity index (χ1) is 10.6. The van der Waals surface area contributed by atoms with Gasteiger partial charge in [0.15, 0.2) is 11.2 Å². The second kappa shape index (κ2) is 5.60. The van der Waals surface area contributed by atoms with Crippen LogP contribution in [0.1, 0.15) is 27.9 Å². The summed E-state index contributed by atoms with van der Waals surface area (Å²) in [5, 5.41) is 0. The Morgan fingerprint density at radius 2 is 2.05 bits per heavy atom. The maximum atomic E-state index is 12.3. The third kappa shape index (κ3) is 2.57. The maximum absolute atomic E-state index is 12.3. The molecule has 112 valence electrons. The van der Waals surface area contributed by atoms with Crippen molar-refractivity contribution in [1.29, 1.82) is 0 Å². The highest BCUT2D eigenvalue weighted by atomic mass is 16.4. The number of carbonyl (C=O) groups is 1. The summed E-state index contributed by atoms with van der Waals surface area (Å²) in [7, 11) is 0. The molecule has 2 aromatic heterocycles. The molecule has 1 aromatic carbocycles. The minimum Gasteiger partial charge on any atom is -0.406 e. The molecular formula is C17H16N2O3. The van der Waals surface area contributed by atoms with Crippen LogP contribution in [0.3, 0.4) is 0 Å². The Labute approximate surface area is 127 Å². The zero-order valence-corrected chi connectivity index (χ0v) is 12.5. The largest absolute Gasteiger partial charge is 0.428 e. The normalized spacial score (nSPS) is 11.0. The van der Waals surface area contributed by atoms with E-state index in [0.717, 1.165) is 10.1 Å². The van der Waals surface area contributed by atoms with E-state index in [1.807, 2.05) is 26.0 Å². The molecule has 0 bridgehead atoms. The van der Waals surface area contributed by atoms with Gasteiger partial charge in [-0.3, -0.25) is 4.79 Å². The Bertz CT molecular complexity index is 906. The summed E-state index contributed by atoms with van der Waals surface area (Å²) in [6, 6.07) is 9.39. The van der Waals surface area contributed by atoms with Gasteiger partial charge in [0.2, 0.25) is 5.91 Å². The van der Waals surface area contributed by atoms with Crippen LogP contribution in [0, 0.1) is 13.8 Å². The maximum Gasteiger partial charge on any atom is 0.428 e. The molecule has 2 heterocycles. The molecular weight excluding hydrogens is 280 g/mol. The van der Waals surface area contributed by atoms with Gasteiger partial charge in [0.05, 0.1) is 0 Å². The van der Waals surface area contributed by atoms with E-state index in [9.17, 15) is 9.59 Å². The first-order valence-electron chi connectivity index (χ1n) is 7.12. The Morgan fingerprint density at radius 3 is 2.82 bits per heavy atom. The summed E-state index contributed by atoms with van der Waals surface area (Å²) < 4.78 is 6.04. The lowest BCUT2D eigenvalue weighted by atomic mass is 10.0. The van der Waals surface area contributed by atoms with E-state index < -0.39 is 5.76 Å². The molecule has 0 spiro atoms. The van der Waals surface area contributed by atoms with E-state index in [1.54, 1.807) is 12.1 Å². The lowest BCUT2D eigenvalue weighted by molar-refractivity contribution is 0.0899. The van der Waals surface area contributed by atoms with E-state index >= 15 is 0 Å². The van der Waals surface area contributed by atoms with Crippen LogP contribution in [0.5, 0.6) is 0 Å². The first-order valence-corrected chi connectivity index (χ1v) is 7.12. The van der Waals surface area contributed by atoms with Crippen LogP contribution in [-0.2, 0) is 6.42 Å². The molecule has 0 N–H and O–H groups in total. The van der Waals surface area contributed by atoms with Gasteiger partial charge >= 0.3 is 5.76 Å². The number of oxazole rings is 1. The van der Waals surface area contributed by atoms with Crippen molar-refractivity contribution < 1.29 is 9.21 Å². The van der Waals surface area contributed by atoms with Crippen LogP contribution >= 0.6 is 0 Å². The molecule has 5 nitrogen and oxygen atoms in total. The Morgan fingerprint density at radius 1 is 1.23 bits per heavy atom. The minimum absolute atomic E-state index is 0.230. The molecule has 0 aliphatic carbocycles. The molecule has 0 unspecified atom stereocenters. The molecule has 3 rings (SSSR count). The molecule has 0 aliphatic rings. The van der Waals surface area contributed by atoms with Crippen LogP contribution in [0.2, 0.25) is 0 Å². The quantitative estimate of drug-likeness (QED) is 0.745. The Balaban J connectivity index is 1.83. The number of carbonyl (C=O) groups excluding carboxylic acids is 1. The summed E-state index contributed by atoms with van der Waals surface area (Å²) in [5.41, 5.74) is 4.09. The molecule has 0 radical (unpaired) electrons. The number of nitrogens with zero attached hydrogens (tertiary/aromatic N) is 2. The molecule has 22 heavy (non-hydrogen) atoms. The topological polar surface area (TPSA) is 65.1 Å².